The average Bonchev–Trinajstić information content (AvgIpc) is 2.98. The van der Waals surface area contributed by atoms with Crippen molar-refractivity contribution in [2.75, 3.05) is 11.6 Å². The molecule has 1 aliphatic heterocycles. The molecule has 1 aliphatic carbocycles. The van der Waals surface area contributed by atoms with Gasteiger partial charge in [-0.3, -0.25) is 19.3 Å². The van der Waals surface area contributed by atoms with Gasteiger partial charge in [0.15, 0.2) is 11.4 Å². The lowest BCUT2D eigenvalue weighted by atomic mass is 9.94. The summed E-state index contributed by atoms with van der Waals surface area (Å²) in [6.07, 6.45) is 3.46. The summed E-state index contributed by atoms with van der Waals surface area (Å²) in [6, 6.07) is 17.7. The summed E-state index contributed by atoms with van der Waals surface area (Å²) < 4.78 is 1.65. The van der Waals surface area contributed by atoms with Gasteiger partial charge in [-0.15, -0.1) is 0 Å². The smallest absolute Gasteiger partial charge is 0.274 e. The fraction of sp³-hybridized carbons (Fsp3) is 0.250. The number of pyridine rings is 1. The monoisotopic (exact) mass is 401 g/mol. The van der Waals surface area contributed by atoms with Crippen LogP contribution >= 0.6 is 0 Å². The number of amides is 1. The fourth-order valence-corrected chi connectivity index (χ4v) is 4.69. The number of benzene rings is 2. The van der Waals surface area contributed by atoms with Crippen LogP contribution in [0, 0.1) is 0 Å². The van der Waals surface area contributed by atoms with E-state index in [0.29, 0.717) is 6.54 Å². The van der Waals surface area contributed by atoms with Gasteiger partial charge in [0.25, 0.3) is 5.91 Å². The zero-order valence-corrected chi connectivity index (χ0v) is 16.7. The number of rotatable bonds is 1. The van der Waals surface area contributed by atoms with Crippen LogP contribution in [0.15, 0.2) is 65.6 Å². The van der Waals surface area contributed by atoms with E-state index in [-0.39, 0.29) is 17.8 Å². The van der Waals surface area contributed by atoms with Crippen molar-refractivity contribution in [1.82, 2.24) is 9.99 Å². The Balaban J connectivity index is 1.80. The van der Waals surface area contributed by atoms with E-state index in [4.69, 9.17) is 0 Å². The van der Waals surface area contributed by atoms with Crippen molar-refractivity contribution >= 4 is 5.91 Å². The van der Waals surface area contributed by atoms with Crippen molar-refractivity contribution in [3.63, 3.8) is 0 Å². The molecule has 1 aromatic heterocycles. The summed E-state index contributed by atoms with van der Waals surface area (Å²) in [5.74, 6) is -0.973. The molecular weight excluding hydrogens is 378 g/mol. The first-order valence-electron chi connectivity index (χ1n) is 10.2. The van der Waals surface area contributed by atoms with E-state index in [9.17, 15) is 14.7 Å². The Bertz CT molecular complexity index is 1150. The van der Waals surface area contributed by atoms with Gasteiger partial charge in [0.2, 0.25) is 5.43 Å². The molecule has 5 rings (SSSR count). The number of nitrogens with one attached hydrogen (secondary N) is 1. The minimum atomic E-state index is -0.562. The first-order valence-corrected chi connectivity index (χ1v) is 10.2. The van der Waals surface area contributed by atoms with Crippen molar-refractivity contribution in [1.29, 1.82) is 0 Å². The number of carbonyl (C=O) groups is 1. The van der Waals surface area contributed by atoms with Gasteiger partial charge < -0.3 is 10.4 Å². The number of aromatic nitrogens is 1. The number of aryl methyl sites for hydroxylation is 2. The second kappa shape index (κ2) is 7.06. The van der Waals surface area contributed by atoms with Crippen LogP contribution in [0.25, 0.3) is 0 Å². The van der Waals surface area contributed by atoms with Crippen LogP contribution in [0.3, 0.4) is 0 Å². The first kappa shape index (κ1) is 18.5. The molecule has 1 amide bonds. The quantitative estimate of drug-likeness (QED) is 0.657. The van der Waals surface area contributed by atoms with E-state index in [1.54, 1.807) is 10.9 Å². The number of hydrogen-bond donors (Lipinski definition) is 2. The third-order valence-electron chi connectivity index (χ3n) is 6.05. The van der Waals surface area contributed by atoms with E-state index in [0.717, 1.165) is 12.8 Å². The third kappa shape index (κ3) is 2.87. The maximum absolute atomic E-state index is 12.8. The summed E-state index contributed by atoms with van der Waals surface area (Å²) >= 11 is 0. The summed E-state index contributed by atoms with van der Waals surface area (Å²) in [5.41, 5.74) is 4.29. The number of aromatic hydroxyl groups is 1. The normalized spacial score (nSPS) is 18.5. The largest absolute Gasteiger partial charge is 0.502 e. The van der Waals surface area contributed by atoms with Crippen molar-refractivity contribution in [2.45, 2.75) is 31.8 Å². The zero-order chi connectivity index (χ0) is 20.8. The molecular formula is C24H23N3O3. The predicted molar refractivity (Wildman–Crippen MR) is 115 cm³/mol. The predicted octanol–water partition coefficient (Wildman–Crippen LogP) is 2.51. The highest BCUT2D eigenvalue weighted by molar-refractivity contribution is 5.95. The molecule has 30 heavy (non-hydrogen) atoms. The number of fused-ring (bicyclic) bond motifs is 3. The lowest BCUT2D eigenvalue weighted by molar-refractivity contribution is 0.0936. The second-order valence-electron chi connectivity index (χ2n) is 8.02. The van der Waals surface area contributed by atoms with Crippen LogP contribution < -0.4 is 15.8 Å². The lowest BCUT2D eigenvalue weighted by Crippen LogP contribution is -2.45. The molecule has 0 saturated heterocycles. The Morgan fingerprint density at radius 2 is 1.53 bits per heavy atom. The minimum Gasteiger partial charge on any atom is -0.502 e. The van der Waals surface area contributed by atoms with E-state index in [2.05, 4.69) is 46.7 Å². The van der Waals surface area contributed by atoms with E-state index in [1.165, 1.54) is 28.3 Å². The van der Waals surface area contributed by atoms with Gasteiger partial charge in [0, 0.05) is 18.3 Å². The van der Waals surface area contributed by atoms with Gasteiger partial charge in [-0.05, 0) is 42.0 Å². The molecule has 0 spiro atoms. The maximum Gasteiger partial charge on any atom is 0.274 e. The Morgan fingerprint density at radius 3 is 2.17 bits per heavy atom. The fourth-order valence-electron chi connectivity index (χ4n) is 4.69. The number of carbonyl (C=O) groups excluding carboxylic acids is 1. The topological polar surface area (TPSA) is 74.6 Å². The molecule has 0 bridgehead atoms. The maximum atomic E-state index is 12.8. The summed E-state index contributed by atoms with van der Waals surface area (Å²) in [6.45, 7) is 2.45. The lowest BCUT2D eigenvalue weighted by Gasteiger charge is -2.37. The average molecular weight is 401 g/mol. The van der Waals surface area contributed by atoms with Crippen LogP contribution in [-0.4, -0.2) is 28.3 Å². The molecule has 2 aliphatic rings. The Hall–Kier alpha value is -3.54. The van der Waals surface area contributed by atoms with Gasteiger partial charge in [0.1, 0.15) is 0 Å². The Kier molecular flexibility index (Phi) is 4.35. The molecule has 2 heterocycles. The molecule has 6 nitrogen and oxygen atoms in total. The highest BCUT2D eigenvalue weighted by Crippen LogP contribution is 2.37. The van der Waals surface area contributed by atoms with Gasteiger partial charge in [-0.1, -0.05) is 48.5 Å². The van der Waals surface area contributed by atoms with Crippen molar-refractivity contribution in [3.8, 4) is 5.75 Å². The molecule has 6 heteroatoms. The molecule has 2 N–H and O–H groups in total. The highest BCUT2D eigenvalue weighted by atomic mass is 16.3. The zero-order valence-electron chi connectivity index (χ0n) is 16.7. The molecule has 2 aromatic carbocycles. The highest BCUT2D eigenvalue weighted by Gasteiger charge is 2.35. The summed E-state index contributed by atoms with van der Waals surface area (Å²) in [4.78, 5) is 24.9. The first-order chi connectivity index (χ1) is 14.5. The molecule has 0 saturated carbocycles. The van der Waals surface area contributed by atoms with Crippen LogP contribution in [-0.2, 0) is 12.8 Å². The molecule has 0 fully saturated rings. The Labute approximate surface area is 174 Å². The standard InChI is InChI=1S/C24H23N3O3/c1-15-14-27(26-13-12-20(28)23(29)22(26)24(30)25-15)21-18-8-4-2-6-16(18)10-11-17-7-3-5-9-19(17)21/h2-9,12-13,15,21,29H,10-11,14H2,1H3,(H,25,30)/t15-/m1/s1. The van der Waals surface area contributed by atoms with Crippen molar-refractivity contribution < 1.29 is 9.90 Å². The summed E-state index contributed by atoms with van der Waals surface area (Å²) in [5, 5.41) is 15.4. The minimum absolute atomic E-state index is 0.0222. The van der Waals surface area contributed by atoms with Gasteiger partial charge in [0.05, 0.1) is 12.6 Å². The van der Waals surface area contributed by atoms with Crippen LogP contribution in [0.1, 0.15) is 45.7 Å². The molecule has 3 aromatic rings. The van der Waals surface area contributed by atoms with Gasteiger partial charge >= 0.3 is 0 Å². The molecule has 0 radical (unpaired) electrons. The third-order valence-corrected chi connectivity index (χ3v) is 6.05. The van der Waals surface area contributed by atoms with E-state index >= 15 is 0 Å². The van der Waals surface area contributed by atoms with Gasteiger partial charge in [-0.2, -0.15) is 0 Å². The molecule has 0 unspecified atom stereocenters. The molecule has 1 atom stereocenters. The van der Waals surface area contributed by atoms with Crippen LogP contribution in [0.2, 0.25) is 0 Å². The van der Waals surface area contributed by atoms with Crippen LogP contribution in [0.5, 0.6) is 5.75 Å². The Morgan fingerprint density at radius 1 is 0.933 bits per heavy atom. The van der Waals surface area contributed by atoms with Crippen LogP contribution in [0.4, 0.5) is 0 Å². The van der Waals surface area contributed by atoms with Crippen molar-refractivity contribution in [2.24, 2.45) is 0 Å². The number of hydrogen-bond acceptors (Lipinski definition) is 4. The SMILES string of the molecule is C[C@@H]1CN(C2c3ccccc3CCc3ccccc32)n2ccc(=O)c(O)c2C(=O)N1. The van der Waals surface area contributed by atoms with E-state index < -0.39 is 17.1 Å². The second-order valence-corrected chi connectivity index (χ2v) is 8.02. The summed E-state index contributed by atoms with van der Waals surface area (Å²) in [7, 11) is 0. The number of nitrogens with zero attached hydrogens (tertiary/aromatic N) is 2. The molecule has 152 valence electrons. The van der Waals surface area contributed by atoms with E-state index in [1.807, 2.05) is 19.1 Å². The van der Waals surface area contributed by atoms with Gasteiger partial charge in [-0.25, -0.2) is 0 Å². The van der Waals surface area contributed by atoms with Crippen molar-refractivity contribution in [3.05, 3.63) is 99.0 Å².